The monoisotopic (exact) mass is 360 g/mol. The van der Waals surface area contributed by atoms with Crippen molar-refractivity contribution in [3.05, 3.63) is 48.0 Å². The van der Waals surface area contributed by atoms with Gasteiger partial charge in [0.15, 0.2) is 0 Å². The lowest BCUT2D eigenvalue weighted by Gasteiger charge is -2.41. The van der Waals surface area contributed by atoms with Crippen LogP contribution in [0.3, 0.4) is 0 Å². The first-order valence-electron chi connectivity index (χ1n) is 9.25. The zero-order valence-electron chi connectivity index (χ0n) is 15.2. The number of aliphatic hydroxyl groups is 1. The molecule has 6 nitrogen and oxygen atoms in total. The molecule has 2 saturated heterocycles. The molecule has 1 aromatic rings. The number of morpholine rings is 2. The molecule has 26 heavy (non-hydrogen) atoms. The Bertz CT molecular complexity index is 601. The van der Waals surface area contributed by atoms with Gasteiger partial charge in [-0.2, -0.15) is 0 Å². The molecule has 1 amide bonds. The molecule has 0 aromatic heterocycles. The van der Waals surface area contributed by atoms with E-state index in [1.54, 1.807) is 11.0 Å². The Labute approximate surface area is 155 Å². The van der Waals surface area contributed by atoms with E-state index in [-0.39, 0.29) is 12.5 Å². The molecular weight excluding hydrogens is 332 g/mol. The number of carbonyl (C=O) groups excluding carboxylic acids is 1. The van der Waals surface area contributed by atoms with Crippen LogP contribution in [0.25, 0.3) is 0 Å². The lowest BCUT2D eigenvalue weighted by Crippen LogP contribution is -2.56. The minimum absolute atomic E-state index is 0.0209. The third-order valence-corrected chi connectivity index (χ3v) is 4.95. The number of carbonyl (C=O) groups is 1. The van der Waals surface area contributed by atoms with Gasteiger partial charge in [0.2, 0.25) is 5.91 Å². The predicted molar refractivity (Wildman–Crippen MR) is 98.9 cm³/mol. The second-order valence-electron chi connectivity index (χ2n) is 6.93. The summed E-state index contributed by atoms with van der Waals surface area (Å²) >= 11 is 0. The van der Waals surface area contributed by atoms with Crippen LogP contribution in [0.15, 0.2) is 42.5 Å². The summed E-state index contributed by atoms with van der Waals surface area (Å²) < 4.78 is 11.2. The van der Waals surface area contributed by atoms with Gasteiger partial charge in [0.05, 0.1) is 33.0 Å². The maximum atomic E-state index is 12.6. The van der Waals surface area contributed by atoms with Crippen LogP contribution in [0.5, 0.6) is 0 Å². The number of hydrogen-bond acceptors (Lipinski definition) is 5. The number of benzene rings is 1. The lowest BCUT2D eigenvalue weighted by atomic mass is 9.93. The molecule has 6 heteroatoms. The summed E-state index contributed by atoms with van der Waals surface area (Å²) in [6.45, 7) is 5.36. The smallest absolute Gasteiger partial charge is 0.246 e. The van der Waals surface area contributed by atoms with Gasteiger partial charge in [0.25, 0.3) is 0 Å². The first kappa shape index (κ1) is 19.0. The zero-order valence-corrected chi connectivity index (χ0v) is 15.2. The van der Waals surface area contributed by atoms with E-state index < -0.39 is 5.60 Å². The highest BCUT2D eigenvalue weighted by Gasteiger charge is 2.37. The average molecular weight is 360 g/mol. The van der Waals surface area contributed by atoms with Gasteiger partial charge in [-0.05, 0) is 5.56 Å². The highest BCUT2D eigenvalue weighted by atomic mass is 16.5. The van der Waals surface area contributed by atoms with Crippen molar-refractivity contribution >= 4 is 5.91 Å². The second-order valence-corrected chi connectivity index (χ2v) is 6.93. The highest BCUT2D eigenvalue weighted by Crippen LogP contribution is 2.23. The van der Waals surface area contributed by atoms with E-state index in [0.29, 0.717) is 26.1 Å². The third kappa shape index (κ3) is 5.14. The van der Waals surface area contributed by atoms with E-state index in [2.05, 4.69) is 4.90 Å². The minimum atomic E-state index is -0.729. The first-order valence-corrected chi connectivity index (χ1v) is 9.25. The Balaban J connectivity index is 1.56. The second kappa shape index (κ2) is 9.28. The number of ether oxygens (including phenoxy) is 2. The molecule has 3 rings (SSSR count). The van der Waals surface area contributed by atoms with Crippen molar-refractivity contribution in [1.82, 2.24) is 9.80 Å². The normalized spacial score (nSPS) is 24.9. The van der Waals surface area contributed by atoms with Crippen LogP contribution in [-0.4, -0.2) is 85.6 Å². The molecular formula is C20H28N2O4. The molecule has 2 heterocycles. The SMILES string of the molecule is O=C(/C=C/CN1CCOCC1)N1CCO[C@](CO)(Cc2ccccc2)C1. The van der Waals surface area contributed by atoms with Crippen molar-refractivity contribution in [2.24, 2.45) is 0 Å². The van der Waals surface area contributed by atoms with Crippen LogP contribution < -0.4 is 0 Å². The fourth-order valence-electron chi connectivity index (χ4n) is 3.45. The molecule has 0 spiro atoms. The van der Waals surface area contributed by atoms with E-state index in [9.17, 15) is 9.90 Å². The number of amides is 1. The van der Waals surface area contributed by atoms with Gasteiger partial charge in [0, 0.05) is 38.7 Å². The van der Waals surface area contributed by atoms with Gasteiger partial charge in [-0.25, -0.2) is 0 Å². The van der Waals surface area contributed by atoms with Crippen LogP contribution in [-0.2, 0) is 20.7 Å². The number of nitrogens with zero attached hydrogens (tertiary/aromatic N) is 2. The average Bonchev–Trinajstić information content (AvgIpc) is 2.69. The summed E-state index contributed by atoms with van der Waals surface area (Å²) in [7, 11) is 0. The zero-order chi connectivity index (χ0) is 18.2. The van der Waals surface area contributed by atoms with Gasteiger partial charge in [0.1, 0.15) is 5.60 Å². The Hall–Kier alpha value is -1.73. The van der Waals surface area contributed by atoms with E-state index in [4.69, 9.17) is 9.47 Å². The lowest BCUT2D eigenvalue weighted by molar-refractivity contribution is -0.153. The minimum Gasteiger partial charge on any atom is -0.393 e. The molecule has 1 atom stereocenters. The molecule has 0 unspecified atom stereocenters. The molecule has 2 aliphatic rings. The topological polar surface area (TPSA) is 62.2 Å². The Morgan fingerprint density at radius 1 is 1.15 bits per heavy atom. The van der Waals surface area contributed by atoms with E-state index in [0.717, 1.165) is 38.4 Å². The van der Waals surface area contributed by atoms with Gasteiger partial charge in [-0.3, -0.25) is 9.69 Å². The largest absolute Gasteiger partial charge is 0.393 e. The first-order chi connectivity index (χ1) is 12.7. The van der Waals surface area contributed by atoms with E-state index in [1.807, 2.05) is 36.4 Å². The molecule has 1 aromatic carbocycles. The van der Waals surface area contributed by atoms with Crippen molar-refractivity contribution < 1.29 is 19.4 Å². The summed E-state index contributed by atoms with van der Waals surface area (Å²) in [6, 6.07) is 9.94. The molecule has 2 fully saturated rings. The maximum Gasteiger partial charge on any atom is 0.246 e. The van der Waals surface area contributed by atoms with Crippen LogP contribution >= 0.6 is 0 Å². The Morgan fingerprint density at radius 3 is 2.65 bits per heavy atom. The van der Waals surface area contributed by atoms with Crippen molar-refractivity contribution in [2.75, 3.05) is 59.2 Å². The molecule has 0 aliphatic carbocycles. The van der Waals surface area contributed by atoms with Crippen molar-refractivity contribution in [2.45, 2.75) is 12.0 Å². The number of hydrogen-bond donors (Lipinski definition) is 1. The molecule has 142 valence electrons. The summed E-state index contributed by atoms with van der Waals surface area (Å²) in [5, 5.41) is 9.95. The standard InChI is InChI=1S/C20H28N2O4/c23-17-20(15-18-5-2-1-3-6-18)16-22(11-14-26-20)19(24)7-4-8-21-9-12-25-13-10-21/h1-7,23H,8-17H2/b7-4+/t20-/m1/s1. The van der Waals surface area contributed by atoms with Crippen LogP contribution in [0.2, 0.25) is 0 Å². The van der Waals surface area contributed by atoms with Crippen molar-refractivity contribution in [3.63, 3.8) is 0 Å². The van der Waals surface area contributed by atoms with Gasteiger partial charge in [-0.1, -0.05) is 36.4 Å². The Kier molecular flexibility index (Phi) is 6.80. The molecule has 0 radical (unpaired) electrons. The van der Waals surface area contributed by atoms with Crippen molar-refractivity contribution in [1.29, 1.82) is 0 Å². The fourth-order valence-corrected chi connectivity index (χ4v) is 3.45. The fraction of sp³-hybridized carbons (Fsp3) is 0.550. The van der Waals surface area contributed by atoms with Gasteiger partial charge >= 0.3 is 0 Å². The van der Waals surface area contributed by atoms with Gasteiger partial charge in [-0.15, -0.1) is 0 Å². The Morgan fingerprint density at radius 2 is 1.92 bits per heavy atom. The predicted octanol–water partition coefficient (Wildman–Crippen LogP) is 0.707. The molecule has 0 saturated carbocycles. The number of rotatable bonds is 6. The van der Waals surface area contributed by atoms with Crippen LogP contribution in [0, 0.1) is 0 Å². The maximum absolute atomic E-state index is 12.6. The van der Waals surface area contributed by atoms with Gasteiger partial charge < -0.3 is 19.5 Å². The van der Waals surface area contributed by atoms with Crippen molar-refractivity contribution in [3.8, 4) is 0 Å². The van der Waals surface area contributed by atoms with E-state index >= 15 is 0 Å². The molecule has 2 aliphatic heterocycles. The molecule has 0 bridgehead atoms. The quantitative estimate of drug-likeness (QED) is 0.757. The summed E-state index contributed by atoms with van der Waals surface area (Å²) in [5.41, 5.74) is 0.367. The summed E-state index contributed by atoms with van der Waals surface area (Å²) in [4.78, 5) is 16.6. The summed E-state index contributed by atoms with van der Waals surface area (Å²) in [5.74, 6) is -0.0209. The summed E-state index contributed by atoms with van der Waals surface area (Å²) in [6.07, 6.45) is 4.15. The number of aliphatic hydroxyl groups excluding tert-OH is 1. The van der Waals surface area contributed by atoms with E-state index in [1.165, 1.54) is 0 Å². The highest BCUT2D eigenvalue weighted by molar-refractivity contribution is 5.87. The third-order valence-electron chi connectivity index (χ3n) is 4.95. The van der Waals surface area contributed by atoms with Crippen LogP contribution in [0.4, 0.5) is 0 Å². The van der Waals surface area contributed by atoms with Crippen LogP contribution in [0.1, 0.15) is 5.56 Å². The molecule has 1 N–H and O–H groups in total.